The minimum atomic E-state index is -2.29. The first-order valence-electron chi connectivity index (χ1n) is 22.5. The van der Waals surface area contributed by atoms with Crippen LogP contribution in [0.15, 0.2) is 102 Å². The van der Waals surface area contributed by atoms with Gasteiger partial charge in [0.05, 0.1) is 42.4 Å². The van der Waals surface area contributed by atoms with Crippen molar-refractivity contribution >= 4 is 53.1 Å². The van der Waals surface area contributed by atoms with E-state index >= 15 is 9.59 Å². The maximum atomic E-state index is 15.4. The Morgan fingerprint density at radius 3 is 2.03 bits per heavy atom. The van der Waals surface area contributed by atoms with E-state index < -0.39 is 137 Å². The van der Waals surface area contributed by atoms with Crippen LogP contribution in [-0.4, -0.2) is 106 Å². The van der Waals surface area contributed by atoms with Gasteiger partial charge in [-0.1, -0.05) is 99.1 Å². The average Bonchev–Trinajstić information content (AvgIpc) is 3.31. The molecule has 1 saturated heterocycles. The number of ketones is 1. The number of fused-ring (bicyclic) bond motifs is 5. The topological polar surface area (TPSA) is 227 Å². The zero-order valence-electron chi connectivity index (χ0n) is 38.6. The normalized spacial score (nSPS) is 30.0. The first-order chi connectivity index (χ1) is 32.2. The van der Waals surface area contributed by atoms with Gasteiger partial charge in [0.15, 0.2) is 11.7 Å². The van der Waals surface area contributed by atoms with Gasteiger partial charge in [0, 0.05) is 36.7 Å². The van der Waals surface area contributed by atoms with Gasteiger partial charge in [0.2, 0.25) is 6.10 Å². The Morgan fingerprint density at radius 1 is 0.868 bits per heavy atom. The van der Waals surface area contributed by atoms with Crippen LogP contribution < -0.4 is 5.32 Å². The summed E-state index contributed by atoms with van der Waals surface area (Å²) in [7, 11) is 0. The second kappa shape index (κ2) is 19.6. The SMILES string of the molecule is CC(=O)O[C@@]12COC1C[C@H](O)[C@@]1(C)C(=O)[C@H](C)C3=C(C)[C@@H](OC(=O)[C@H](OC(=O)CCC(=O)OCCl)[C@@H](NC(=O)c4ccccc4)c4ccccc4)C[C@@](O)([C@@H](OC(=O)c4ccccc4)[C@@H]12)C3(C)C. The summed E-state index contributed by atoms with van der Waals surface area (Å²) in [5.41, 5.74) is -5.99. The van der Waals surface area contributed by atoms with E-state index in [9.17, 15) is 34.2 Å². The van der Waals surface area contributed by atoms with Crippen molar-refractivity contribution in [2.45, 2.75) is 115 Å². The lowest BCUT2D eigenvalue weighted by atomic mass is 9.43. The number of benzene rings is 3. The van der Waals surface area contributed by atoms with Crippen LogP contribution in [0.1, 0.15) is 99.5 Å². The molecular weight excluding hydrogens is 902 g/mol. The number of hydrogen-bond acceptors (Lipinski definition) is 15. The van der Waals surface area contributed by atoms with Crippen LogP contribution in [0, 0.1) is 22.7 Å². The third-order valence-electron chi connectivity index (χ3n) is 14.5. The largest absolute Gasteiger partial charge is 0.455 e. The lowest BCUT2D eigenvalue weighted by Gasteiger charge is -2.67. The Balaban J connectivity index is 1.37. The van der Waals surface area contributed by atoms with Crippen LogP contribution in [-0.2, 0) is 52.4 Å². The van der Waals surface area contributed by atoms with Crippen LogP contribution in [0.4, 0.5) is 0 Å². The zero-order chi connectivity index (χ0) is 49.3. The molecule has 1 amide bonds. The number of alkyl halides is 1. The van der Waals surface area contributed by atoms with E-state index in [1.165, 1.54) is 26.0 Å². The Bertz CT molecular complexity index is 2460. The summed E-state index contributed by atoms with van der Waals surface area (Å²) >= 11 is 5.54. The summed E-state index contributed by atoms with van der Waals surface area (Å²) in [5, 5.41) is 28.7. The standard InChI is InChI=1S/C51H56ClNO15/c1-28-34(65-47(61)41(66-38(57)23-22-37(56)64-27-52)40(31-16-10-7-11-17-31)53-45(59)32-18-12-8-13-19-32)25-51(62)44(67-46(60)33-20-14-9-15-21-33)42-49(6,43(58)29(2)39(28)48(51,4)5)35(55)24-36-50(42,26-63-36)68-30(3)54/h7-21,29,34-36,40-42,44,55,62H,22-27H2,1-6H3,(H,53,59)/t29-,34+,35+,36?,40+,41-,42+,44+,49-,50+,51-/m1/s1. The summed E-state index contributed by atoms with van der Waals surface area (Å²) in [6, 6.07) is 22.4. The van der Waals surface area contributed by atoms with Crippen molar-refractivity contribution in [1.29, 1.82) is 0 Å². The second-order valence-corrected chi connectivity index (χ2v) is 18.9. The smallest absolute Gasteiger partial charge is 0.350 e. The molecule has 0 radical (unpaired) electrons. The van der Waals surface area contributed by atoms with Crippen LogP contribution in [0.2, 0.25) is 0 Å². The molecule has 3 fully saturated rings. The highest BCUT2D eigenvalue weighted by molar-refractivity contribution is 6.17. The van der Waals surface area contributed by atoms with E-state index in [0.29, 0.717) is 16.7 Å². The van der Waals surface area contributed by atoms with Crippen molar-refractivity contribution in [2.75, 3.05) is 12.7 Å². The molecule has 0 spiro atoms. The fourth-order valence-electron chi connectivity index (χ4n) is 11.1. The van der Waals surface area contributed by atoms with Gasteiger partial charge in [0.1, 0.15) is 35.7 Å². The molecule has 3 aliphatic carbocycles. The van der Waals surface area contributed by atoms with Crippen molar-refractivity contribution < 1.29 is 72.2 Å². The quantitative estimate of drug-likeness (QED) is 0.0784. The van der Waals surface area contributed by atoms with E-state index in [1.807, 2.05) is 0 Å². The molecule has 1 aliphatic heterocycles. The first kappa shape index (κ1) is 50.0. The Hall–Kier alpha value is -5.94. The highest BCUT2D eigenvalue weighted by Gasteiger charge is 2.77. The van der Waals surface area contributed by atoms with E-state index in [2.05, 4.69) is 5.32 Å². The Morgan fingerprint density at radius 2 is 1.46 bits per heavy atom. The maximum Gasteiger partial charge on any atom is 0.350 e. The summed E-state index contributed by atoms with van der Waals surface area (Å²) in [5.74, 6) is -8.36. The van der Waals surface area contributed by atoms with Gasteiger partial charge in [-0.15, -0.1) is 0 Å². The monoisotopic (exact) mass is 957 g/mol. The molecule has 1 unspecified atom stereocenters. The van der Waals surface area contributed by atoms with Crippen LogP contribution in [0.25, 0.3) is 0 Å². The van der Waals surface area contributed by atoms with Gasteiger partial charge in [-0.25, -0.2) is 9.59 Å². The lowest BCUT2D eigenvalue weighted by Crippen LogP contribution is -2.81. The predicted molar refractivity (Wildman–Crippen MR) is 241 cm³/mol. The van der Waals surface area contributed by atoms with Gasteiger partial charge in [0.25, 0.3) is 5.91 Å². The van der Waals surface area contributed by atoms with Crippen LogP contribution >= 0.6 is 11.6 Å². The number of nitrogens with one attached hydrogen (secondary N) is 1. The molecule has 68 heavy (non-hydrogen) atoms. The van der Waals surface area contributed by atoms with Crippen LogP contribution in [0.5, 0.6) is 0 Å². The zero-order valence-corrected chi connectivity index (χ0v) is 39.4. The minimum Gasteiger partial charge on any atom is -0.455 e. The average molecular weight is 958 g/mol. The highest BCUT2D eigenvalue weighted by atomic mass is 35.5. The van der Waals surface area contributed by atoms with Crippen molar-refractivity contribution in [3.05, 3.63) is 119 Å². The molecule has 3 N–H and O–H groups in total. The fraction of sp³-hybridized carbons (Fsp3) is 0.471. The number of rotatable bonds is 14. The van der Waals surface area contributed by atoms with Crippen molar-refractivity contribution in [1.82, 2.24) is 5.32 Å². The highest BCUT2D eigenvalue weighted by Crippen LogP contribution is 2.65. The number of ether oxygens (including phenoxy) is 6. The second-order valence-electron chi connectivity index (χ2n) is 18.7. The van der Waals surface area contributed by atoms with Gasteiger partial charge >= 0.3 is 29.8 Å². The molecule has 11 atom stereocenters. The number of carbonyl (C=O) groups is 7. The molecule has 17 heteroatoms. The molecule has 2 saturated carbocycles. The fourth-order valence-corrected chi connectivity index (χ4v) is 11.2. The lowest BCUT2D eigenvalue weighted by molar-refractivity contribution is -0.345. The molecular formula is C51H56ClNO15. The van der Waals surface area contributed by atoms with Crippen molar-refractivity contribution in [3.63, 3.8) is 0 Å². The third kappa shape index (κ3) is 8.94. The van der Waals surface area contributed by atoms with Crippen molar-refractivity contribution in [2.24, 2.45) is 22.7 Å². The number of aliphatic hydroxyl groups is 2. The number of halogens is 1. The molecule has 0 aromatic heterocycles. The molecule has 7 rings (SSSR count). The molecule has 362 valence electrons. The minimum absolute atomic E-state index is 0.0903. The maximum absolute atomic E-state index is 15.4. The van der Waals surface area contributed by atoms with E-state index in [-0.39, 0.29) is 24.2 Å². The Labute approximate surface area is 398 Å². The number of Topliss-reactive ketones (excluding diaryl/α,β-unsaturated/α-hetero) is 1. The predicted octanol–water partition coefficient (Wildman–Crippen LogP) is 5.51. The number of carbonyl (C=O) groups excluding carboxylic acids is 7. The van der Waals surface area contributed by atoms with Gasteiger partial charge < -0.3 is 44.0 Å². The summed E-state index contributed by atoms with van der Waals surface area (Å²) in [4.78, 5) is 97.6. The Kier molecular flexibility index (Phi) is 14.4. The number of hydrogen-bond donors (Lipinski definition) is 3. The summed E-state index contributed by atoms with van der Waals surface area (Å²) in [6.07, 6.45) is -9.15. The molecule has 16 nitrogen and oxygen atoms in total. The molecule has 3 aromatic carbocycles. The van der Waals surface area contributed by atoms with E-state index in [1.54, 1.807) is 107 Å². The van der Waals surface area contributed by atoms with E-state index in [4.69, 9.17) is 40.0 Å². The number of esters is 5. The summed E-state index contributed by atoms with van der Waals surface area (Å²) < 4.78 is 35.5. The molecule has 2 bridgehead atoms. The third-order valence-corrected chi connectivity index (χ3v) is 14.6. The van der Waals surface area contributed by atoms with Crippen molar-refractivity contribution in [3.8, 4) is 0 Å². The molecule has 4 aliphatic rings. The van der Waals surface area contributed by atoms with E-state index in [0.717, 1.165) is 0 Å². The van der Waals surface area contributed by atoms with Crippen LogP contribution in [0.3, 0.4) is 0 Å². The number of amides is 1. The van der Waals surface area contributed by atoms with Gasteiger partial charge in [-0.05, 0) is 54.8 Å². The molecule has 1 heterocycles. The number of aliphatic hydroxyl groups excluding tert-OH is 1. The first-order valence-corrected chi connectivity index (χ1v) is 23.0. The van der Waals surface area contributed by atoms with Gasteiger partial charge in [-0.3, -0.25) is 24.0 Å². The summed E-state index contributed by atoms with van der Waals surface area (Å²) in [6.45, 7) is 9.06. The molecule has 3 aromatic rings. The van der Waals surface area contributed by atoms with Gasteiger partial charge in [-0.2, -0.15) is 0 Å².